The molecule has 0 aliphatic carbocycles. The van der Waals surface area contributed by atoms with Gasteiger partial charge in [-0.1, -0.05) is 11.6 Å². The van der Waals surface area contributed by atoms with Crippen LogP contribution in [0.1, 0.15) is 42.3 Å². The van der Waals surface area contributed by atoms with Crippen LogP contribution in [0.5, 0.6) is 0 Å². The molecule has 2 rings (SSSR count). The molecule has 35 heavy (non-hydrogen) atoms. The Labute approximate surface area is 204 Å². The van der Waals surface area contributed by atoms with Crippen LogP contribution in [-0.2, 0) is 4.79 Å². The Balaban J connectivity index is 2.62. The highest BCUT2D eigenvalue weighted by atomic mass is 35.5. The number of nitrogens with one attached hydrogen (secondary N) is 2. The monoisotopic (exact) mass is 506 g/mol. The van der Waals surface area contributed by atoms with Gasteiger partial charge in [-0.15, -0.1) is 0 Å². The smallest absolute Gasteiger partial charge is 0.395 e. The minimum Gasteiger partial charge on any atom is -0.395 e. The van der Waals surface area contributed by atoms with Crippen molar-refractivity contribution in [3.8, 4) is 6.07 Å². The number of pyridine rings is 1. The number of amides is 2. The Morgan fingerprint density at radius 1 is 1.26 bits per heavy atom. The highest BCUT2D eigenvalue weighted by Gasteiger charge is 2.32. The maximum Gasteiger partial charge on any atom is 0.430 e. The topological polar surface area (TPSA) is 133 Å². The van der Waals surface area contributed by atoms with Crippen molar-refractivity contribution >= 4 is 40.6 Å². The number of allylic oxidation sites excluding steroid dienone is 1. The van der Waals surface area contributed by atoms with Gasteiger partial charge >= 0.3 is 6.18 Å². The molecule has 0 spiro atoms. The van der Waals surface area contributed by atoms with E-state index < -0.39 is 34.9 Å². The van der Waals surface area contributed by atoms with E-state index in [0.717, 1.165) is 0 Å². The third-order valence-corrected chi connectivity index (χ3v) is 4.55. The maximum absolute atomic E-state index is 13.1. The van der Waals surface area contributed by atoms with Gasteiger partial charge in [0.05, 0.1) is 27.9 Å². The van der Waals surface area contributed by atoms with Crippen LogP contribution < -0.4 is 16.4 Å². The maximum atomic E-state index is 13.1. The van der Waals surface area contributed by atoms with E-state index in [1.807, 2.05) is 6.07 Å². The standard InChI is InChI=1S/C23H22ClF3N6O2/c1-12-8-13(11-28)9-14(20(34)33-22(2,3)4)18(12)32-21(35)16(10-17(29)23(25,26)27)31-19-15(24)6-5-7-30-19/h5-10H,29H2,1-4H3,(H,32,35)(H,33,34). The van der Waals surface area contributed by atoms with Crippen LogP contribution in [0.4, 0.5) is 24.7 Å². The Morgan fingerprint density at radius 2 is 1.91 bits per heavy atom. The van der Waals surface area contributed by atoms with E-state index in [9.17, 15) is 28.0 Å². The molecule has 0 fully saturated rings. The summed E-state index contributed by atoms with van der Waals surface area (Å²) in [5.41, 5.74) is 2.51. The fraction of sp³-hybridized carbons (Fsp3) is 0.261. The summed E-state index contributed by atoms with van der Waals surface area (Å²) < 4.78 is 39.3. The van der Waals surface area contributed by atoms with Crippen molar-refractivity contribution in [1.82, 2.24) is 10.3 Å². The summed E-state index contributed by atoms with van der Waals surface area (Å²) >= 11 is 5.99. The number of alkyl halides is 3. The Kier molecular flexibility index (Phi) is 8.25. The van der Waals surface area contributed by atoms with Gasteiger partial charge in [-0.2, -0.15) is 18.4 Å². The lowest BCUT2D eigenvalue weighted by atomic mass is 10.0. The molecule has 0 saturated carbocycles. The SMILES string of the molecule is Cc1cc(C#N)cc(C(=O)NC(C)(C)C)c1NC(=O)C(C=C(N)C(F)(F)F)=Nc1ncccc1Cl. The normalized spacial score (nSPS) is 12.7. The number of aromatic nitrogens is 1. The number of hydrogen-bond donors (Lipinski definition) is 3. The Bertz CT molecular complexity index is 1260. The number of halogens is 4. The lowest BCUT2D eigenvalue weighted by Gasteiger charge is -2.22. The van der Waals surface area contributed by atoms with Crippen molar-refractivity contribution in [3.05, 3.63) is 63.9 Å². The van der Waals surface area contributed by atoms with Crippen LogP contribution in [0.3, 0.4) is 0 Å². The van der Waals surface area contributed by atoms with Gasteiger partial charge in [-0.25, -0.2) is 9.98 Å². The molecular formula is C23H22ClF3N6O2. The summed E-state index contributed by atoms with van der Waals surface area (Å²) in [5.74, 6) is -1.94. The number of nitrogens with zero attached hydrogens (tertiary/aromatic N) is 3. The summed E-state index contributed by atoms with van der Waals surface area (Å²) in [5, 5.41) is 14.4. The van der Waals surface area contributed by atoms with Gasteiger partial charge in [0.25, 0.3) is 11.8 Å². The molecule has 1 aromatic heterocycles. The summed E-state index contributed by atoms with van der Waals surface area (Å²) in [6.45, 7) is 6.72. The van der Waals surface area contributed by atoms with Gasteiger partial charge in [0, 0.05) is 11.7 Å². The second kappa shape index (κ2) is 10.6. The van der Waals surface area contributed by atoms with E-state index in [4.69, 9.17) is 17.3 Å². The molecule has 0 unspecified atom stereocenters. The van der Waals surface area contributed by atoms with Crippen LogP contribution >= 0.6 is 11.6 Å². The highest BCUT2D eigenvalue weighted by Crippen LogP contribution is 2.26. The van der Waals surface area contributed by atoms with Crippen molar-refractivity contribution in [2.24, 2.45) is 10.7 Å². The van der Waals surface area contributed by atoms with Gasteiger partial charge < -0.3 is 16.4 Å². The molecular weight excluding hydrogens is 485 g/mol. The summed E-state index contributed by atoms with van der Waals surface area (Å²) in [7, 11) is 0. The van der Waals surface area contributed by atoms with Crippen molar-refractivity contribution in [3.63, 3.8) is 0 Å². The highest BCUT2D eigenvalue weighted by molar-refractivity contribution is 6.48. The zero-order valence-electron chi connectivity index (χ0n) is 19.2. The molecule has 8 nitrogen and oxygen atoms in total. The molecule has 0 saturated heterocycles. The van der Waals surface area contributed by atoms with Crippen LogP contribution in [0, 0.1) is 18.3 Å². The minimum absolute atomic E-state index is 0.0171. The van der Waals surface area contributed by atoms with Crippen LogP contribution in [-0.4, -0.2) is 34.2 Å². The van der Waals surface area contributed by atoms with Crippen LogP contribution in [0.25, 0.3) is 0 Å². The average Bonchev–Trinajstić information content (AvgIpc) is 2.73. The molecule has 1 heterocycles. The number of aliphatic imine (C=N–C) groups is 1. The molecule has 4 N–H and O–H groups in total. The lowest BCUT2D eigenvalue weighted by Crippen LogP contribution is -2.41. The van der Waals surface area contributed by atoms with E-state index in [1.54, 1.807) is 20.8 Å². The number of nitriles is 1. The Morgan fingerprint density at radius 3 is 2.46 bits per heavy atom. The lowest BCUT2D eigenvalue weighted by molar-refractivity contribution is -0.110. The predicted molar refractivity (Wildman–Crippen MR) is 126 cm³/mol. The fourth-order valence-corrected chi connectivity index (χ4v) is 2.90. The van der Waals surface area contributed by atoms with Crippen molar-refractivity contribution in [2.45, 2.75) is 39.4 Å². The molecule has 0 aliphatic heterocycles. The zero-order valence-corrected chi connectivity index (χ0v) is 20.0. The first-order valence-electron chi connectivity index (χ1n) is 10.0. The molecule has 12 heteroatoms. The summed E-state index contributed by atoms with van der Waals surface area (Å²) in [6, 6.07) is 7.45. The van der Waals surface area contributed by atoms with Gasteiger partial charge in [0.2, 0.25) is 0 Å². The molecule has 2 aromatic rings. The molecule has 2 amide bonds. The van der Waals surface area contributed by atoms with E-state index >= 15 is 0 Å². The van der Waals surface area contributed by atoms with E-state index in [1.165, 1.54) is 37.4 Å². The number of anilines is 1. The number of aryl methyl sites for hydroxylation is 1. The second-order valence-corrected chi connectivity index (χ2v) is 8.80. The summed E-state index contributed by atoms with van der Waals surface area (Å²) in [4.78, 5) is 33.7. The van der Waals surface area contributed by atoms with Gasteiger partial charge in [0.15, 0.2) is 5.82 Å². The molecule has 0 bridgehead atoms. The Hall–Kier alpha value is -3.91. The molecule has 0 atom stereocenters. The molecule has 1 aromatic carbocycles. The van der Waals surface area contributed by atoms with Crippen LogP contribution in [0.2, 0.25) is 5.02 Å². The largest absolute Gasteiger partial charge is 0.430 e. The number of nitrogens with two attached hydrogens (primary N) is 1. The van der Waals surface area contributed by atoms with E-state index in [-0.39, 0.29) is 27.7 Å². The summed E-state index contributed by atoms with van der Waals surface area (Å²) in [6.07, 6.45) is -3.30. The number of benzene rings is 1. The second-order valence-electron chi connectivity index (χ2n) is 8.39. The molecule has 0 aliphatic rings. The van der Waals surface area contributed by atoms with E-state index in [0.29, 0.717) is 11.6 Å². The number of carbonyl (C=O) groups excluding carboxylic acids is 2. The van der Waals surface area contributed by atoms with Gasteiger partial charge in [0.1, 0.15) is 11.4 Å². The van der Waals surface area contributed by atoms with Gasteiger partial charge in [-0.3, -0.25) is 9.59 Å². The third kappa shape index (κ3) is 7.55. The van der Waals surface area contributed by atoms with E-state index in [2.05, 4.69) is 20.6 Å². The first-order chi connectivity index (χ1) is 16.1. The van der Waals surface area contributed by atoms with Crippen LogP contribution in [0.15, 0.2) is 47.2 Å². The molecule has 0 radical (unpaired) electrons. The van der Waals surface area contributed by atoms with Crippen molar-refractivity contribution in [2.75, 3.05) is 5.32 Å². The first kappa shape index (κ1) is 27.3. The average molecular weight is 507 g/mol. The third-order valence-electron chi connectivity index (χ3n) is 4.25. The van der Waals surface area contributed by atoms with Crippen molar-refractivity contribution in [1.29, 1.82) is 5.26 Å². The predicted octanol–water partition coefficient (Wildman–Crippen LogP) is 4.56. The zero-order chi connectivity index (χ0) is 26.6. The number of carbonyl (C=O) groups is 2. The number of rotatable bonds is 5. The van der Waals surface area contributed by atoms with Crippen molar-refractivity contribution < 1.29 is 22.8 Å². The molecule has 184 valence electrons. The quantitative estimate of drug-likeness (QED) is 0.511. The fourth-order valence-electron chi connectivity index (χ4n) is 2.73. The van der Waals surface area contributed by atoms with Gasteiger partial charge in [-0.05, 0) is 63.6 Å². The number of hydrogen-bond acceptors (Lipinski definition) is 6. The minimum atomic E-state index is -4.93. The first-order valence-corrected chi connectivity index (χ1v) is 10.4.